The number of anilines is 1. The van der Waals surface area contributed by atoms with Crippen LogP contribution in [0.2, 0.25) is 0 Å². The summed E-state index contributed by atoms with van der Waals surface area (Å²) in [6, 6.07) is 25.9. The number of ether oxygens (including phenoxy) is 1. The Morgan fingerprint density at radius 1 is 0.912 bits per heavy atom. The van der Waals surface area contributed by atoms with Crippen LogP contribution in [0.1, 0.15) is 22.8 Å². The second kappa shape index (κ2) is 8.83. The lowest BCUT2D eigenvalue weighted by Crippen LogP contribution is -2.30. The largest absolute Gasteiger partial charge is 0.449 e. The fraction of sp³-hybridized carbons (Fsp3) is 0.107. The smallest absolute Gasteiger partial charge is 0.339 e. The van der Waals surface area contributed by atoms with Crippen molar-refractivity contribution in [2.24, 2.45) is 0 Å². The first kappa shape index (κ1) is 21.4. The lowest BCUT2D eigenvalue weighted by Gasteiger charge is -2.15. The number of rotatable bonds is 5. The highest BCUT2D eigenvalue weighted by Crippen LogP contribution is 2.33. The zero-order chi connectivity index (χ0) is 23.7. The maximum absolute atomic E-state index is 13.2. The van der Waals surface area contributed by atoms with Crippen molar-refractivity contribution >= 4 is 39.4 Å². The molecule has 168 valence electrons. The second-order valence-electron chi connectivity index (χ2n) is 8.10. The summed E-state index contributed by atoms with van der Waals surface area (Å²) in [4.78, 5) is 30.4. The molecular weight excluding hydrogens is 428 g/mol. The van der Waals surface area contributed by atoms with Crippen LogP contribution in [-0.2, 0) is 9.53 Å². The summed E-state index contributed by atoms with van der Waals surface area (Å²) < 4.78 is 11.5. The van der Waals surface area contributed by atoms with Gasteiger partial charge < -0.3 is 14.5 Å². The number of para-hydroxylation sites is 2. The highest BCUT2D eigenvalue weighted by atomic mass is 16.5. The fourth-order valence-electron chi connectivity index (χ4n) is 3.84. The lowest BCUT2D eigenvalue weighted by atomic mass is 9.99. The monoisotopic (exact) mass is 450 g/mol. The van der Waals surface area contributed by atoms with Crippen molar-refractivity contribution in [3.63, 3.8) is 0 Å². The number of hydrogen-bond acceptors (Lipinski definition) is 5. The van der Waals surface area contributed by atoms with Gasteiger partial charge in [0.2, 0.25) is 5.89 Å². The first-order valence-corrected chi connectivity index (χ1v) is 11.0. The maximum atomic E-state index is 13.2. The van der Waals surface area contributed by atoms with Gasteiger partial charge in [-0.05, 0) is 55.6 Å². The van der Waals surface area contributed by atoms with Crippen molar-refractivity contribution < 1.29 is 18.7 Å². The predicted octanol–water partition coefficient (Wildman–Crippen LogP) is 6.14. The Labute approximate surface area is 196 Å². The van der Waals surface area contributed by atoms with Gasteiger partial charge in [0.15, 0.2) is 11.7 Å². The molecular formula is C28H22N2O4. The summed E-state index contributed by atoms with van der Waals surface area (Å²) in [6.45, 7) is 3.52. The van der Waals surface area contributed by atoms with Crippen molar-refractivity contribution in [1.82, 2.24) is 4.98 Å². The van der Waals surface area contributed by atoms with Crippen LogP contribution < -0.4 is 5.32 Å². The first-order valence-electron chi connectivity index (χ1n) is 11.0. The number of carbonyl (C=O) groups excluding carboxylic acids is 2. The topological polar surface area (TPSA) is 81.4 Å². The summed E-state index contributed by atoms with van der Waals surface area (Å²) in [7, 11) is 0. The van der Waals surface area contributed by atoms with Gasteiger partial charge in [0.1, 0.15) is 5.52 Å². The summed E-state index contributed by atoms with van der Waals surface area (Å²) in [6.07, 6.45) is -0.986. The van der Waals surface area contributed by atoms with Gasteiger partial charge in [-0.2, -0.15) is 0 Å². The molecule has 5 rings (SSSR count). The summed E-state index contributed by atoms with van der Waals surface area (Å²) in [5.74, 6) is -0.588. The van der Waals surface area contributed by atoms with E-state index in [1.165, 1.54) is 0 Å². The molecule has 0 bridgehead atoms. The number of oxazole rings is 1. The van der Waals surface area contributed by atoms with Gasteiger partial charge in [-0.15, -0.1) is 0 Å². The summed E-state index contributed by atoms with van der Waals surface area (Å²) in [5.41, 5.74) is 4.14. The minimum absolute atomic E-state index is 0.338. The van der Waals surface area contributed by atoms with Crippen LogP contribution in [0.3, 0.4) is 0 Å². The molecule has 0 aliphatic heterocycles. The summed E-state index contributed by atoms with van der Waals surface area (Å²) in [5, 5.41) is 4.27. The van der Waals surface area contributed by atoms with E-state index in [0.717, 1.165) is 16.5 Å². The number of aromatic nitrogens is 1. The minimum Gasteiger partial charge on any atom is -0.449 e. The van der Waals surface area contributed by atoms with Crippen LogP contribution in [-0.4, -0.2) is 23.0 Å². The van der Waals surface area contributed by atoms with Crippen molar-refractivity contribution in [2.75, 3.05) is 5.32 Å². The van der Waals surface area contributed by atoms with Crippen LogP contribution in [0.4, 0.5) is 5.69 Å². The van der Waals surface area contributed by atoms with Crippen molar-refractivity contribution in [3.8, 4) is 11.5 Å². The number of aryl methyl sites for hydroxylation is 1. The molecule has 5 aromatic rings. The molecule has 1 atom stereocenters. The molecule has 1 N–H and O–H groups in total. The van der Waals surface area contributed by atoms with Gasteiger partial charge in [-0.25, -0.2) is 9.78 Å². The molecule has 34 heavy (non-hydrogen) atoms. The van der Waals surface area contributed by atoms with Crippen molar-refractivity contribution in [2.45, 2.75) is 20.0 Å². The van der Waals surface area contributed by atoms with Crippen LogP contribution in [0.5, 0.6) is 0 Å². The first-order chi connectivity index (χ1) is 16.5. The molecule has 1 aromatic heterocycles. The number of nitrogens with zero attached hydrogens (tertiary/aromatic N) is 1. The molecule has 0 fully saturated rings. The zero-order valence-corrected chi connectivity index (χ0v) is 18.7. The Bertz CT molecular complexity index is 1480. The van der Waals surface area contributed by atoms with Gasteiger partial charge in [0, 0.05) is 16.6 Å². The molecule has 0 saturated heterocycles. The van der Waals surface area contributed by atoms with Gasteiger partial charge in [-0.3, -0.25) is 4.79 Å². The van der Waals surface area contributed by atoms with Crippen LogP contribution in [0, 0.1) is 6.92 Å². The normalized spacial score (nSPS) is 11.9. The van der Waals surface area contributed by atoms with Crippen molar-refractivity contribution in [1.29, 1.82) is 0 Å². The average molecular weight is 450 g/mol. The molecule has 1 heterocycles. The molecule has 0 saturated carbocycles. The molecule has 1 amide bonds. The molecule has 0 spiro atoms. The van der Waals surface area contributed by atoms with Crippen LogP contribution in [0.15, 0.2) is 89.3 Å². The van der Waals surface area contributed by atoms with E-state index < -0.39 is 18.0 Å². The maximum Gasteiger partial charge on any atom is 0.339 e. The molecule has 4 aromatic carbocycles. The SMILES string of the molecule is Cc1ccc(NC(=O)C(C)OC(=O)c2cccc3cccc(-c4nc5ccccc5o4)c23)cc1. The standard InChI is InChI=1S/C28H22N2O4/c1-17-13-15-20(16-14-17)29-26(31)18(2)33-28(32)22-10-6-8-19-7-5-9-21(25(19)22)27-30-23-11-3-4-12-24(23)34-27/h3-16,18H,1-2H3,(H,29,31). The van der Waals surface area contributed by atoms with Crippen LogP contribution in [0.25, 0.3) is 33.3 Å². The fourth-order valence-corrected chi connectivity index (χ4v) is 3.84. The number of esters is 1. The number of nitrogens with one attached hydrogen (secondary N) is 1. The van der Waals surface area contributed by atoms with E-state index in [4.69, 9.17) is 9.15 Å². The van der Waals surface area contributed by atoms with E-state index in [1.54, 1.807) is 31.2 Å². The predicted molar refractivity (Wildman–Crippen MR) is 132 cm³/mol. The lowest BCUT2D eigenvalue weighted by molar-refractivity contribution is -0.123. The Morgan fingerprint density at radius 2 is 1.65 bits per heavy atom. The van der Waals surface area contributed by atoms with E-state index in [0.29, 0.717) is 33.7 Å². The van der Waals surface area contributed by atoms with Gasteiger partial charge in [0.05, 0.1) is 5.56 Å². The second-order valence-corrected chi connectivity index (χ2v) is 8.10. The molecule has 0 radical (unpaired) electrons. The Hall–Kier alpha value is -4.45. The third-order valence-electron chi connectivity index (χ3n) is 5.62. The van der Waals surface area contributed by atoms with E-state index in [1.807, 2.05) is 67.6 Å². The molecule has 6 nitrogen and oxygen atoms in total. The van der Waals surface area contributed by atoms with Gasteiger partial charge in [0.25, 0.3) is 5.91 Å². The number of amides is 1. The highest BCUT2D eigenvalue weighted by Gasteiger charge is 2.23. The minimum atomic E-state index is -0.986. The number of benzene rings is 4. The van der Waals surface area contributed by atoms with Gasteiger partial charge in [-0.1, -0.05) is 54.1 Å². The third kappa shape index (κ3) is 4.13. The Kier molecular flexibility index (Phi) is 5.55. The van der Waals surface area contributed by atoms with E-state index in [-0.39, 0.29) is 0 Å². The highest BCUT2D eigenvalue weighted by molar-refractivity contribution is 6.10. The van der Waals surface area contributed by atoms with E-state index in [2.05, 4.69) is 10.3 Å². The number of hydrogen-bond donors (Lipinski definition) is 1. The molecule has 1 unspecified atom stereocenters. The van der Waals surface area contributed by atoms with Gasteiger partial charge >= 0.3 is 5.97 Å². The molecule has 0 aliphatic carbocycles. The molecule has 6 heteroatoms. The summed E-state index contributed by atoms with van der Waals surface area (Å²) >= 11 is 0. The zero-order valence-electron chi connectivity index (χ0n) is 18.7. The Balaban J connectivity index is 1.45. The number of carbonyl (C=O) groups is 2. The van der Waals surface area contributed by atoms with Crippen molar-refractivity contribution in [3.05, 3.63) is 96.1 Å². The van der Waals surface area contributed by atoms with Crippen LogP contribution >= 0.6 is 0 Å². The third-order valence-corrected chi connectivity index (χ3v) is 5.62. The quantitative estimate of drug-likeness (QED) is 0.325. The Morgan fingerprint density at radius 3 is 2.41 bits per heavy atom. The van der Waals surface area contributed by atoms with E-state index in [9.17, 15) is 9.59 Å². The number of fused-ring (bicyclic) bond motifs is 2. The molecule has 0 aliphatic rings. The average Bonchev–Trinajstić information content (AvgIpc) is 3.28. The van der Waals surface area contributed by atoms with E-state index >= 15 is 0 Å².